The first-order valence-corrected chi connectivity index (χ1v) is 5.80. The van der Waals surface area contributed by atoms with Gasteiger partial charge in [-0.15, -0.1) is 0 Å². The molecule has 1 aliphatic rings. The lowest BCUT2D eigenvalue weighted by atomic mass is 10.1. The van der Waals surface area contributed by atoms with E-state index in [9.17, 15) is 4.79 Å². The molecule has 0 radical (unpaired) electrons. The Morgan fingerprint density at radius 1 is 1.56 bits per heavy atom. The maximum absolute atomic E-state index is 12.1. The van der Waals surface area contributed by atoms with Gasteiger partial charge < -0.3 is 10.6 Å². The van der Waals surface area contributed by atoms with E-state index in [-0.39, 0.29) is 5.91 Å². The van der Waals surface area contributed by atoms with Gasteiger partial charge in [0.25, 0.3) is 5.91 Å². The van der Waals surface area contributed by atoms with Crippen LogP contribution in [0.1, 0.15) is 23.7 Å². The minimum atomic E-state index is 0.00866. The maximum atomic E-state index is 12.1. The Labute approximate surface area is 100 Å². The van der Waals surface area contributed by atoms with Crippen molar-refractivity contribution in [3.05, 3.63) is 28.8 Å². The van der Waals surface area contributed by atoms with Crippen molar-refractivity contribution in [3.8, 4) is 0 Å². The molecule has 2 N–H and O–H groups in total. The van der Waals surface area contributed by atoms with Crippen molar-refractivity contribution in [1.82, 2.24) is 4.90 Å². The van der Waals surface area contributed by atoms with Crippen LogP contribution in [0.2, 0.25) is 5.02 Å². The number of amides is 1. The summed E-state index contributed by atoms with van der Waals surface area (Å²) in [5, 5.41) is 0.435. The van der Waals surface area contributed by atoms with Crippen LogP contribution in [0.3, 0.4) is 0 Å². The molecule has 1 aromatic carbocycles. The monoisotopic (exact) mass is 238 g/mol. The second-order valence-electron chi connectivity index (χ2n) is 4.38. The van der Waals surface area contributed by atoms with Crippen LogP contribution in [0, 0.1) is 5.92 Å². The van der Waals surface area contributed by atoms with E-state index in [1.807, 2.05) is 4.90 Å². The van der Waals surface area contributed by atoms with E-state index in [4.69, 9.17) is 17.3 Å². The number of likely N-dealkylation sites (tertiary alicyclic amines) is 1. The largest absolute Gasteiger partial charge is 0.399 e. The van der Waals surface area contributed by atoms with Crippen molar-refractivity contribution >= 4 is 23.2 Å². The number of hydrogen-bond acceptors (Lipinski definition) is 2. The number of nitrogen functional groups attached to an aromatic ring is 1. The molecular formula is C12H15ClN2O. The summed E-state index contributed by atoms with van der Waals surface area (Å²) >= 11 is 6.01. The number of anilines is 1. The average Bonchev–Trinajstić information content (AvgIpc) is 2.64. The van der Waals surface area contributed by atoms with Crippen LogP contribution in [0.15, 0.2) is 18.2 Å². The lowest BCUT2D eigenvalue weighted by Gasteiger charge is -2.16. The van der Waals surface area contributed by atoms with E-state index in [2.05, 4.69) is 6.92 Å². The fourth-order valence-electron chi connectivity index (χ4n) is 1.99. The van der Waals surface area contributed by atoms with Crippen LogP contribution >= 0.6 is 11.6 Å². The van der Waals surface area contributed by atoms with E-state index in [0.717, 1.165) is 19.5 Å². The first-order chi connectivity index (χ1) is 7.58. The highest BCUT2D eigenvalue weighted by Gasteiger charge is 2.25. The number of rotatable bonds is 1. The predicted octanol–water partition coefficient (Wildman–Crippen LogP) is 2.40. The molecule has 0 bridgehead atoms. The molecule has 0 aliphatic carbocycles. The van der Waals surface area contributed by atoms with Gasteiger partial charge in [-0.3, -0.25) is 4.79 Å². The molecule has 0 saturated carbocycles. The molecule has 2 rings (SSSR count). The molecule has 16 heavy (non-hydrogen) atoms. The standard InChI is InChI=1S/C12H15ClN2O/c1-8-4-5-15(7-8)12(16)10-3-2-9(14)6-11(10)13/h2-3,6,8H,4-5,7,14H2,1H3. The van der Waals surface area contributed by atoms with Crippen LogP contribution in [-0.4, -0.2) is 23.9 Å². The quantitative estimate of drug-likeness (QED) is 0.764. The van der Waals surface area contributed by atoms with Crippen molar-refractivity contribution in [3.63, 3.8) is 0 Å². The first-order valence-electron chi connectivity index (χ1n) is 5.42. The molecule has 86 valence electrons. The molecule has 0 spiro atoms. The SMILES string of the molecule is CC1CCN(C(=O)c2ccc(N)cc2Cl)C1. The Hall–Kier alpha value is -1.22. The van der Waals surface area contributed by atoms with E-state index in [1.54, 1.807) is 18.2 Å². The highest BCUT2D eigenvalue weighted by atomic mass is 35.5. The summed E-state index contributed by atoms with van der Waals surface area (Å²) in [6, 6.07) is 5.02. The number of carbonyl (C=O) groups excluding carboxylic acids is 1. The zero-order valence-corrected chi connectivity index (χ0v) is 10.00. The molecule has 0 aromatic heterocycles. The molecular weight excluding hydrogens is 224 g/mol. The lowest BCUT2D eigenvalue weighted by molar-refractivity contribution is 0.0788. The zero-order valence-electron chi connectivity index (χ0n) is 9.24. The second kappa shape index (κ2) is 4.34. The zero-order chi connectivity index (χ0) is 11.7. The number of nitrogens with two attached hydrogens (primary N) is 1. The Bertz CT molecular complexity index is 419. The van der Waals surface area contributed by atoms with Crippen LogP contribution in [0.25, 0.3) is 0 Å². The van der Waals surface area contributed by atoms with E-state index in [1.165, 1.54) is 0 Å². The van der Waals surface area contributed by atoms with Crippen LogP contribution in [0.5, 0.6) is 0 Å². The van der Waals surface area contributed by atoms with Gasteiger partial charge in [0.1, 0.15) is 0 Å². The van der Waals surface area contributed by atoms with Crippen LogP contribution < -0.4 is 5.73 Å². The van der Waals surface area contributed by atoms with Gasteiger partial charge >= 0.3 is 0 Å². The van der Waals surface area contributed by atoms with Gasteiger partial charge in [-0.05, 0) is 30.5 Å². The topological polar surface area (TPSA) is 46.3 Å². The van der Waals surface area contributed by atoms with Gasteiger partial charge in [-0.2, -0.15) is 0 Å². The third kappa shape index (κ3) is 2.14. The minimum absolute atomic E-state index is 0.00866. The molecule has 1 atom stereocenters. The van der Waals surface area contributed by atoms with Crippen molar-refractivity contribution in [2.45, 2.75) is 13.3 Å². The van der Waals surface area contributed by atoms with Crippen molar-refractivity contribution in [2.24, 2.45) is 5.92 Å². The summed E-state index contributed by atoms with van der Waals surface area (Å²) in [4.78, 5) is 14.0. The number of benzene rings is 1. The summed E-state index contributed by atoms with van der Waals surface area (Å²) in [6.45, 7) is 3.79. The molecule has 1 amide bonds. The maximum Gasteiger partial charge on any atom is 0.255 e. The minimum Gasteiger partial charge on any atom is -0.399 e. The van der Waals surface area contributed by atoms with E-state index < -0.39 is 0 Å². The summed E-state index contributed by atoms with van der Waals surface area (Å²) in [6.07, 6.45) is 1.07. The van der Waals surface area contributed by atoms with Crippen LogP contribution in [0.4, 0.5) is 5.69 Å². The third-order valence-corrected chi connectivity index (χ3v) is 3.25. The molecule has 1 aromatic rings. The highest BCUT2D eigenvalue weighted by Crippen LogP contribution is 2.23. The fourth-order valence-corrected chi connectivity index (χ4v) is 2.26. The molecule has 4 heteroatoms. The smallest absolute Gasteiger partial charge is 0.255 e. The summed E-state index contributed by atoms with van der Waals surface area (Å²) in [5.74, 6) is 0.589. The summed E-state index contributed by atoms with van der Waals surface area (Å²) in [5.41, 5.74) is 6.72. The second-order valence-corrected chi connectivity index (χ2v) is 4.79. The van der Waals surface area contributed by atoms with Gasteiger partial charge in [-0.1, -0.05) is 18.5 Å². The van der Waals surface area contributed by atoms with Gasteiger partial charge in [-0.25, -0.2) is 0 Å². The first kappa shape index (κ1) is 11.3. The number of nitrogens with zero attached hydrogens (tertiary/aromatic N) is 1. The lowest BCUT2D eigenvalue weighted by Crippen LogP contribution is -2.28. The number of carbonyl (C=O) groups is 1. The third-order valence-electron chi connectivity index (χ3n) is 2.93. The predicted molar refractivity (Wildman–Crippen MR) is 65.5 cm³/mol. The Kier molecular flexibility index (Phi) is 3.06. The highest BCUT2D eigenvalue weighted by molar-refractivity contribution is 6.34. The summed E-state index contributed by atoms with van der Waals surface area (Å²) in [7, 11) is 0. The Balaban J connectivity index is 2.21. The number of halogens is 1. The van der Waals surface area contributed by atoms with Gasteiger partial charge in [0, 0.05) is 18.8 Å². The van der Waals surface area contributed by atoms with Crippen LogP contribution in [-0.2, 0) is 0 Å². The molecule has 1 unspecified atom stereocenters. The summed E-state index contributed by atoms with van der Waals surface area (Å²) < 4.78 is 0. The number of hydrogen-bond donors (Lipinski definition) is 1. The normalized spacial score (nSPS) is 20.1. The fraction of sp³-hybridized carbons (Fsp3) is 0.417. The molecule has 1 saturated heterocycles. The van der Waals surface area contributed by atoms with E-state index in [0.29, 0.717) is 22.2 Å². The van der Waals surface area contributed by atoms with Crippen molar-refractivity contribution in [2.75, 3.05) is 18.8 Å². The van der Waals surface area contributed by atoms with E-state index >= 15 is 0 Å². The van der Waals surface area contributed by atoms with Crippen molar-refractivity contribution in [1.29, 1.82) is 0 Å². The molecule has 1 heterocycles. The Morgan fingerprint density at radius 2 is 2.31 bits per heavy atom. The van der Waals surface area contributed by atoms with Gasteiger partial charge in [0.15, 0.2) is 0 Å². The molecule has 3 nitrogen and oxygen atoms in total. The Morgan fingerprint density at radius 3 is 2.88 bits per heavy atom. The molecule has 1 fully saturated rings. The van der Waals surface area contributed by atoms with Gasteiger partial charge in [0.05, 0.1) is 10.6 Å². The molecule has 1 aliphatic heterocycles. The van der Waals surface area contributed by atoms with Gasteiger partial charge in [0.2, 0.25) is 0 Å². The average molecular weight is 239 g/mol. The van der Waals surface area contributed by atoms with Crippen molar-refractivity contribution < 1.29 is 4.79 Å².